The topological polar surface area (TPSA) is 49.7 Å². The van der Waals surface area contributed by atoms with E-state index in [4.69, 9.17) is 14.9 Å². The Morgan fingerprint density at radius 2 is 2.11 bits per heavy atom. The van der Waals surface area contributed by atoms with Gasteiger partial charge in [0.25, 0.3) is 0 Å². The molecule has 0 spiro atoms. The monoisotopic (exact) mass is 331 g/mol. The van der Waals surface area contributed by atoms with Crippen LogP contribution in [-0.2, 0) is 4.74 Å². The van der Waals surface area contributed by atoms with E-state index in [1.165, 1.54) is 0 Å². The molecule has 0 aromatic rings. The Balaban J connectivity index is 0. The first kappa shape index (κ1) is 12.5. The van der Waals surface area contributed by atoms with Crippen molar-refractivity contribution in [2.24, 2.45) is 0 Å². The second-order valence-corrected chi connectivity index (χ2v) is 1.50. The molecular formula is C5H14O3Po. The molecule has 58 valence electrons. The molecule has 2 N–H and O–H groups in total. The fourth-order valence-corrected chi connectivity index (χ4v) is 0.307. The van der Waals surface area contributed by atoms with Gasteiger partial charge in [-0.05, 0) is 6.92 Å². The molecule has 0 aromatic heterocycles. The van der Waals surface area contributed by atoms with Crippen LogP contribution in [0.1, 0.15) is 6.92 Å². The van der Waals surface area contributed by atoms with E-state index in [1.807, 2.05) is 6.92 Å². The van der Waals surface area contributed by atoms with Crippen LogP contribution in [0.2, 0.25) is 0 Å². The SMILES string of the molecule is CCOCC(O)CO.[PoH2]. The molecule has 9 heavy (non-hydrogen) atoms. The van der Waals surface area contributed by atoms with Crippen molar-refractivity contribution >= 4 is 26.6 Å². The molecule has 1 unspecified atom stereocenters. The second kappa shape index (κ2) is 8.78. The van der Waals surface area contributed by atoms with Crippen LogP contribution in [0.4, 0.5) is 0 Å². The van der Waals surface area contributed by atoms with Crippen molar-refractivity contribution in [2.75, 3.05) is 19.8 Å². The van der Waals surface area contributed by atoms with Crippen molar-refractivity contribution in [3.8, 4) is 0 Å². The Morgan fingerprint density at radius 1 is 1.56 bits per heavy atom. The van der Waals surface area contributed by atoms with E-state index in [0.717, 1.165) is 0 Å². The first-order valence-electron chi connectivity index (χ1n) is 2.68. The van der Waals surface area contributed by atoms with Gasteiger partial charge in [0, 0.05) is 6.61 Å². The molecule has 0 fully saturated rings. The van der Waals surface area contributed by atoms with E-state index in [1.54, 1.807) is 0 Å². The number of aliphatic hydroxyl groups is 2. The molecular weight excluding hydrogens is 317 g/mol. The van der Waals surface area contributed by atoms with E-state index >= 15 is 0 Å². The van der Waals surface area contributed by atoms with Crippen molar-refractivity contribution in [1.29, 1.82) is 0 Å². The molecule has 0 saturated heterocycles. The van der Waals surface area contributed by atoms with Crippen molar-refractivity contribution in [2.45, 2.75) is 13.0 Å². The van der Waals surface area contributed by atoms with Gasteiger partial charge in [0.15, 0.2) is 0 Å². The third-order valence-corrected chi connectivity index (χ3v) is 0.725. The van der Waals surface area contributed by atoms with Crippen LogP contribution < -0.4 is 0 Å². The minimum absolute atomic E-state index is 0. The van der Waals surface area contributed by atoms with Crippen LogP contribution in [0, 0.1) is 0 Å². The summed E-state index contributed by atoms with van der Waals surface area (Å²) in [5.41, 5.74) is 0. The predicted molar refractivity (Wildman–Crippen MR) is 38.1 cm³/mol. The van der Waals surface area contributed by atoms with E-state index in [2.05, 4.69) is 0 Å². The molecule has 0 heterocycles. The quantitative estimate of drug-likeness (QED) is 0.657. The van der Waals surface area contributed by atoms with Gasteiger partial charge < -0.3 is 14.9 Å². The summed E-state index contributed by atoms with van der Waals surface area (Å²) >= 11 is 0. The Hall–Kier alpha value is 0.776. The molecule has 0 bridgehead atoms. The van der Waals surface area contributed by atoms with Gasteiger partial charge in [0.05, 0.1) is 13.2 Å². The Bertz CT molecular complexity index is 51.5. The minimum atomic E-state index is -0.713. The molecule has 0 radical (unpaired) electrons. The zero-order valence-corrected chi connectivity index (χ0v) is 9.39. The summed E-state index contributed by atoms with van der Waals surface area (Å²) in [6.45, 7) is 2.42. The van der Waals surface area contributed by atoms with Crippen LogP contribution in [0.3, 0.4) is 0 Å². The van der Waals surface area contributed by atoms with Crippen LogP contribution in [0.15, 0.2) is 0 Å². The fraction of sp³-hybridized carbons (Fsp3) is 1.00. The number of ether oxygens (including phenoxy) is 1. The zero-order valence-electron chi connectivity index (χ0n) is 5.50. The van der Waals surface area contributed by atoms with E-state index < -0.39 is 6.10 Å². The third kappa shape index (κ3) is 8.78. The number of hydrogen-bond acceptors (Lipinski definition) is 3. The van der Waals surface area contributed by atoms with E-state index in [0.29, 0.717) is 6.61 Å². The van der Waals surface area contributed by atoms with Crippen LogP contribution in [-0.4, -0.2) is 62.7 Å². The number of hydrogen-bond donors (Lipinski definition) is 2. The molecule has 0 aliphatic heterocycles. The second-order valence-electron chi connectivity index (χ2n) is 1.50. The average Bonchev–Trinajstić information content (AvgIpc) is 1.83. The summed E-state index contributed by atoms with van der Waals surface area (Å²) in [6, 6.07) is 0. The number of rotatable bonds is 4. The van der Waals surface area contributed by atoms with Crippen molar-refractivity contribution in [3.63, 3.8) is 0 Å². The summed E-state index contributed by atoms with van der Waals surface area (Å²) in [4.78, 5) is 0. The Labute approximate surface area is 74.5 Å². The Kier molecular flexibility index (Phi) is 12.1. The average molecular weight is 331 g/mol. The maximum absolute atomic E-state index is 8.61. The standard InChI is InChI=1S/C5H12O3.Po.2H/c1-2-8-4-5(7)3-6;;;/h5-7H,2-4H2,1H3;;;. The van der Waals surface area contributed by atoms with E-state index in [-0.39, 0.29) is 39.8 Å². The molecule has 3 nitrogen and oxygen atoms in total. The predicted octanol–water partition coefficient (Wildman–Crippen LogP) is -1.54. The molecule has 0 amide bonds. The maximum atomic E-state index is 8.61. The molecule has 0 aliphatic rings. The number of aliphatic hydroxyl groups excluding tert-OH is 2. The van der Waals surface area contributed by atoms with Gasteiger partial charge in [-0.3, -0.25) is 0 Å². The first-order valence-corrected chi connectivity index (χ1v) is 2.68. The van der Waals surface area contributed by atoms with Gasteiger partial charge in [0.2, 0.25) is 0 Å². The van der Waals surface area contributed by atoms with Gasteiger partial charge in [-0.1, -0.05) is 0 Å². The van der Waals surface area contributed by atoms with Gasteiger partial charge >= 0.3 is 26.6 Å². The molecule has 1 atom stereocenters. The summed E-state index contributed by atoms with van der Waals surface area (Å²) in [7, 11) is 0. The summed E-state index contributed by atoms with van der Waals surface area (Å²) in [5.74, 6) is 0. The molecule has 0 aliphatic carbocycles. The summed E-state index contributed by atoms with van der Waals surface area (Å²) in [6.07, 6.45) is -0.713. The Morgan fingerprint density at radius 3 is 2.44 bits per heavy atom. The molecule has 0 rings (SSSR count). The van der Waals surface area contributed by atoms with Crippen LogP contribution >= 0.6 is 0 Å². The van der Waals surface area contributed by atoms with Crippen LogP contribution in [0.25, 0.3) is 0 Å². The molecule has 0 aromatic carbocycles. The van der Waals surface area contributed by atoms with Crippen molar-refractivity contribution in [3.05, 3.63) is 0 Å². The van der Waals surface area contributed by atoms with Gasteiger partial charge in [-0.2, -0.15) is 0 Å². The fourth-order valence-electron chi connectivity index (χ4n) is 0.307. The van der Waals surface area contributed by atoms with Crippen molar-refractivity contribution < 1.29 is 14.9 Å². The molecule has 4 heteroatoms. The normalized spacial score (nSPS) is 12.3. The van der Waals surface area contributed by atoms with Gasteiger partial charge in [0.1, 0.15) is 6.10 Å². The van der Waals surface area contributed by atoms with Gasteiger partial charge in [-0.15, -0.1) is 0 Å². The molecule has 0 saturated carbocycles. The summed E-state index contributed by atoms with van der Waals surface area (Å²) < 4.78 is 4.78. The van der Waals surface area contributed by atoms with Crippen LogP contribution in [0.5, 0.6) is 0 Å². The zero-order chi connectivity index (χ0) is 6.41. The first-order chi connectivity index (χ1) is 3.81. The van der Waals surface area contributed by atoms with Gasteiger partial charge in [-0.25, -0.2) is 0 Å². The summed E-state index contributed by atoms with van der Waals surface area (Å²) in [5, 5.41) is 16.8. The third-order valence-electron chi connectivity index (χ3n) is 0.725. The van der Waals surface area contributed by atoms with Crippen molar-refractivity contribution in [1.82, 2.24) is 0 Å². The van der Waals surface area contributed by atoms with E-state index in [9.17, 15) is 0 Å².